The molecule has 1 saturated carbocycles. The molecule has 2 rings (SSSR count). The Hall–Kier alpha value is -1.10. The molecule has 20 heavy (non-hydrogen) atoms. The fourth-order valence-corrected chi connectivity index (χ4v) is 3.70. The topological polar surface area (TPSA) is 83.6 Å². The molecule has 2 aliphatic rings. The number of nitrogens with two attached hydrogens (primary N) is 1. The molecule has 2 fully saturated rings. The molecule has 5 nitrogen and oxygen atoms in total. The fourth-order valence-electron chi connectivity index (χ4n) is 3.70. The van der Waals surface area contributed by atoms with Crippen LogP contribution in [0.5, 0.6) is 0 Å². The molecule has 1 aliphatic carbocycles. The lowest BCUT2D eigenvalue weighted by molar-refractivity contribution is -0.155. The summed E-state index contributed by atoms with van der Waals surface area (Å²) in [5.74, 6) is -0.448. The third-order valence-electron chi connectivity index (χ3n) is 5.04. The van der Waals surface area contributed by atoms with Crippen molar-refractivity contribution in [1.82, 2.24) is 4.90 Å². The summed E-state index contributed by atoms with van der Waals surface area (Å²) >= 11 is 0. The van der Waals surface area contributed by atoms with Gasteiger partial charge in [-0.05, 0) is 38.5 Å². The number of amides is 1. The van der Waals surface area contributed by atoms with E-state index in [-0.39, 0.29) is 17.9 Å². The number of aliphatic carboxylic acids is 1. The summed E-state index contributed by atoms with van der Waals surface area (Å²) in [6.07, 6.45) is 5.35. The normalized spacial score (nSPS) is 29.4. The van der Waals surface area contributed by atoms with Crippen LogP contribution in [0, 0.1) is 11.3 Å². The van der Waals surface area contributed by atoms with Gasteiger partial charge in [-0.2, -0.15) is 0 Å². The van der Waals surface area contributed by atoms with Crippen LogP contribution < -0.4 is 5.73 Å². The van der Waals surface area contributed by atoms with Crippen molar-refractivity contribution in [2.45, 2.75) is 57.9 Å². The van der Waals surface area contributed by atoms with Gasteiger partial charge in [0.1, 0.15) is 0 Å². The van der Waals surface area contributed by atoms with Gasteiger partial charge in [-0.1, -0.05) is 13.3 Å². The van der Waals surface area contributed by atoms with Crippen LogP contribution in [0.2, 0.25) is 0 Å². The van der Waals surface area contributed by atoms with Crippen molar-refractivity contribution in [2.24, 2.45) is 17.1 Å². The van der Waals surface area contributed by atoms with Gasteiger partial charge >= 0.3 is 5.97 Å². The van der Waals surface area contributed by atoms with Gasteiger partial charge in [0.2, 0.25) is 5.91 Å². The molecule has 0 aromatic heterocycles. The van der Waals surface area contributed by atoms with Crippen LogP contribution in [0.15, 0.2) is 0 Å². The minimum Gasteiger partial charge on any atom is -0.481 e. The minimum absolute atomic E-state index is 0.0634. The number of hydrogen-bond acceptors (Lipinski definition) is 3. The van der Waals surface area contributed by atoms with Gasteiger partial charge in [-0.3, -0.25) is 9.59 Å². The van der Waals surface area contributed by atoms with E-state index in [1.165, 1.54) is 0 Å². The van der Waals surface area contributed by atoms with Crippen LogP contribution in [-0.2, 0) is 9.59 Å². The SMILES string of the molecule is CCCC1(C(=O)O)CCN(C(=O)C2CCC(N)C2)CC1. The molecule has 2 atom stereocenters. The molecule has 1 amide bonds. The number of rotatable bonds is 4. The molecular weight excluding hydrogens is 256 g/mol. The second-order valence-corrected chi connectivity index (χ2v) is 6.43. The number of hydrogen-bond donors (Lipinski definition) is 2. The summed E-state index contributed by atoms with van der Waals surface area (Å²) in [6.45, 7) is 3.18. The van der Waals surface area contributed by atoms with Crippen molar-refractivity contribution in [2.75, 3.05) is 13.1 Å². The highest BCUT2D eigenvalue weighted by atomic mass is 16.4. The van der Waals surface area contributed by atoms with E-state index in [9.17, 15) is 14.7 Å². The van der Waals surface area contributed by atoms with Gasteiger partial charge in [-0.25, -0.2) is 0 Å². The average Bonchev–Trinajstić information content (AvgIpc) is 2.85. The standard InChI is InChI=1S/C15H26N2O3/c1-2-5-15(14(19)20)6-8-17(9-7-15)13(18)11-3-4-12(16)10-11/h11-12H,2-10,16H2,1H3,(H,19,20). The third-order valence-corrected chi connectivity index (χ3v) is 5.04. The van der Waals surface area contributed by atoms with Gasteiger partial charge in [0, 0.05) is 25.0 Å². The number of carboxylic acid groups (broad SMARTS) is 1. The molecular formula is C15H26N2O3. The van der Waals surface area contributed by atoms with Crippen LogP contribution in [0.3, 0.4) is 0 Å². The monoisotopic (exact) mass is 282 g/mol. The van der Waals surface area contributed by atoms with Gasteiger partial charge < -0.3 is 15.7 Å². The number of piperidine rings is 1. The maximum absolute atomic E-state index is 12.4. The largest absolute Gasteiger partial charge is 0.481 e. The van der Waals surface area contributed by atoms with Gasteiger partial charge in [0.05, 0.1) is 5.41 Å². The average molecular weight is 282 g/mol. The van der Waals surface area contributed by atoms with Crippen LogP contribution in [0.1, 0.15) is 51.9 Å². The van der Waals surface area contributed by atoms with Crippen molar-refractivity contribution in [3.8, 4) is 0 Å². The zero-order chi connectivity index (χ0) is 14.8. The Morgan fingerprint density at radius 3 is 2.40 bits per heavy atom. The molecule has 3 N–H and O–H groups in total. The predicted octanol–water partition coefficient (Wildman–Crippen LogP) is 1.61. The second-order valence-electron chi connectivity index (χ2n) is 6.43. The van der Waals surface area contributed by atoms with Crippen molar-refractivity contribution in [3.63, 3.8) is 0 Å². The molecule has 1 heterocycles. The summed E-state index contributed by atoms with van der Waals surface area (Å²) < 4.78 is 0. The molecule has 0 aromatic rings. The van der Waals surface area contributed by atoms with Crippen molar-refractivity contribution < 1.29 is 14.7 Å². The Morgan fingerprint density at radius 1 is 1.30 bits per heavy atom. The fraction of sp³-hybridized carbons (Fsp3) is 0.867. The lowest BCUT2D eigenvalue weighted by Gasteiger charge is -2.39. The van der Waals surface area contributed by atoms with E-state index in [1.807, 2.05) is 11.8 Å². The highest BCUT2D eigenvalue weighted by Crippen LogP contribution is 2.37. The van der Waals surface area contributed by atoms with E-state index in [1.54, 1.807) is 0 Å². The molecule has 5 heteroatoms. The quantitative estimate of drug-likeness (QED) is 0.820. The molecule has 1 aliphatic heterocycles. The number of carboxylic acids is 1. The smallest absolute Gasteiger partial charge is 0.309 e. The van der Waals surface area contributed by atoms with E-state index in [0.717, 1.165) is 25.7 Å². The maximum Gasteiger partial charge on any atom is 0.309 e. The molecule has 0 bridgehead atoms. The zero-order valence-corrected chi connectivity index (χ0v) is 12.3. The Morgan fingerprint density at radius 2 is 1.95 bits per heavy atom. The van der Waals surface area contributed by atoms with E-state index < -0.39 is 11.4 Å². The first kappa shape index (κ1) is 15.3. The Bertz CT molecular complexity index is 375. The van der Waals surface area contributed by atoms with Crippen LogP contribution in [0.4, 0.5) is 0 Å². The van der Waals surface area contributed by atoms with Gasteiger partial charge in [-0.15, -0.1) is 0 Å². The molecule has 0 spiro atoms. The first-order valence-corrected chi connectivity index (χ1v) is 7.76. The van der Waals surface area contributed by atoms with Crippen molar-refractivity contribution in [3.05, 3.63) is 0 Å². The molecule has 114 valence electrons. The highest BCUT2D eigenvalue weighted by Gasteiger charge is 2.42. The molecule has 0 radical (unpaired) electrons. The lowest BCUT2D eigenvalue weighted by Crippen LogP contribution is -2.48. The summed E-state index contributed by atoms with van der Waals surface area (Å²) in [5.41, 5.74) is 5.25. The minimum atomic E-state index is -0.700. The second kappa shape index (κ2) is 6.12. The third kappa shape index (κ3) is 2.97. The lowest BCUT2D eigenvalue weighted by atomic mass is 9.75. The van der Waals surface area contributed by atoms with Crippen LogP contribution >= 0.6 is 0 Å². The first-order valence-electron chi connectivity index (χ1n) is 7.76. The molecule has 1 saturated heterocycles. The maximum atomic E-state index is 12.4. The van der Waals surface area contributed by atoms with E-state index in [0.29, 0.717) is 32.4 Å². The van der Waals surface area contributed by atoms with Gasteiger partial charge in [0.25, 0.3) is 0 Å². The number of likely N-dealkylation sites (tertiary alicyclic amines) is 1. The summed E-state index contributed by atoms with van der Waals surface area (Å²) in [6, 6.07) is 0.159. The Labute approximate surface area is 120 Å². The first-order chi connectivity index (χ1) is 9.48. The van der Waals surface area contributed by atoms with Crippen molar-refractivity contribution in [1.29, 1.82) is 0 Å². The molecule has 0 aromatic carbocycles. The number of carbonyl (C=O) groups is 2. The molecule has 2 unspecified atom stereocenters. The van der Waals surface area contributed by atoms with Crippen LogP contribution in [-0.4, -0.2) is 41.0 Å². The summed E-state index contributed by atoms with van der Waals surface area (Å²) in [4.78, 5) is 25.8. The summed E-state index contributed by atoms with van der Waals surface area (Å²) in [7, 11) is 0. The summed E-state index contributed by atoms with van der Waals surface area (Å²) in [5, 5.41) is 9.47. The van der Waals surface area contributed by atoms with E-state index in [4.69, 9.17) is 5.73 Å². The Kier molecular flexibility index (Phi) is 4.68. The van der Waals surface area contributed by atoms with E-state index >= 15 is 0 Å². The van der Waals surface area contributed by atoms with Crippen molar-refractivity contribution >= 4 is 11.9 Å². The predicted molar refractivity (Wildman–Crippen MR) is 76.1 cm³/mol. The van der Waals surface area contributed by atoms with Crippen LogP contribution in [0.25, 0.3) is 0 Å². The Balaban J connectivity index is 1.93. The number of nitrogens with zero attached hydrogens (tertiary/aromatic N) is 1. The van der Waals surface area contributed by atoms with Gasteiger partial charge in [0.15, 0.2) is 0 Å². The highest BCUT2D eigenvalue weighted by molar-refractivity contribution is 5.80. The van der Waals surface area contributed by atoms with E-state index in [2.05, 4.69) is 0 Å². The zero-order valence-electron chi connectivity index (χ0n) is 12.3. The number of carbonyl (C=O) groups excluding carboxylic acids is 1.